The van der Waals surface area contributed by atoms with Crippen LogP contribution in [0.2, 0.25) is 0 Å². The number of carboxylic acids is 1. The number of nitrogens with two attached hydrogens (primary N) is 1. The molecule has 0 fully saturated rings. The van der Waals surface area contributed by atoms with Gasteiger partial charge >= 0.3 is 5.97 Å². The average Bonchev–Trinajstić information content (AvgIpc) is 2.17. The Hall–Kier alpha value is -1.10. The van der Waals surface area contributed by atoms with Crippen molar-refractivity contribution in [1.29, 1.82) is 0 Å². The monoisotopic (exact) mass is 230 g/mol. The van der Waals surface area contributed by atoms with Gasteiger partial charge in [0.1, 0.15) is 5.54 Å². The molecule has 0 spiro atoms. The molecule has 2 atom stereocenters. The highest BCUT2D eigenvalue weighted by Crippen LogP contribution is 2.14. The van der Waals surface area contributed by atoms with E-state index in [1.165, 1.54) is 6.92 Å². The summed E-state index contributed by atoms with van der Waals surface area (Å²) in [5.41, 5.74) is 4.29. The van der Waals surface area contributed by atoms with E-state index >= 15 is 0 Å². The van der Waals surface area contributed by atoms with Gasteiger partial charge in [-0.3, -0.25) is 4.79 Å². The summed E-state index contributed by atoms with van der Waals surface area (Å²) in [5, 5.41) is 11.6. The Kier molecular flexibility index (Phi) is 5.44. The molecule has 0 radical (unpaired) electrons. The second-order valence-corrected chi connectivity index (χ2v) is 4.57. The molecule has 1 amide bonds. The van der Waals surface area contributed by atoms with E-state index in [1.807, 2.05) is 13.8 Å². The number of carbonyl (C=O) groups excluding carboxylic acids is 1. The first-order chi connectivity index (χ1) is 7.28. The van der Waals surface area contributed by atoms with Crippen LogP contribution >= 0.6 is 0 Å². The van der Waals surface area contributed by atoms with Gasteiger partial charge in [-0.1, -0.05) is 20.8 Å². The highest BCUT2D eigenvalue weighted by Gasteiger charge is 2.35. The van der Waals surface area contributed by atoms with Crippen molar-refractivity contribution in [2.75, 3.05) is 6.54 Å². The summed E-state index contributed by atoms with van der Waals surface area (Å²) >= 11 is 0. The minimum atomic E-state index is -1.21. The van der Waals surface area contributed by atoms with Crippen molar-refractivity contribution in [1.82, 2.24) is 5.32 Å². The van der Waals surface area contributed by atoms with E-state index in [0.717, 1.165) is 0 Å². The molecule has 0 aliphatic carbocycles. The lowest BCUT2D eigenvalue weighted by Gasteiger charge is -2.28. The van der Waals surface area contributed by atoms with E-state index in [1.54, 1.807) is 6.92 Å². The van der Waals surface area contributed by atoms with E-state index in [0.29, 0.717) is 6.42 Å². The smallest absolute Gasteiger partial charge is 0.329 e. The molecule has 0 heterocycles. The Morgan fingerprint density at radius 2 is 1.94 bits per heavy atom. The third kappa shape index (κ3) is 3.48. The first-order valence-electron chi connectivity index (χ1n) is 5.54. The number of nitrogens with one attached hydrogen (secondary N) is 1. The van der Waals surface area contributed by atoms with Gasteiger partial charge in [-0.25, -0.2) is 4.79 Å². The fourth-order valence-electron chi connectivity index (χ4n) is 1.34. The van der Waals surface area contributed by atoms with Crippen LogP contribution in [0.5, 0.6) is 0 Å². The van der Waals surface area contributed by atoms with Gasteiger partial charge in [-0.2, -0.15) is 0 Å². The Labute approximate surface area is 96.4 Å². The molecule has 0 aliphatic heterocycles. The van der Waals surface area contributed by atoms with Gasteiger partial charge < -0.3 is 16.2 Å². The van der Waals surface area contributed by atoms with Crippen LogP contribution in [-0.2, 0) is 9.59 Å². The molecule has 0 aromatic heterocycles. The Bertz CT molecular complexity index is 266. The molecule has 2 unspecified atom stereocenters. The Morgan fingerprint density at radius 1 is 1.44 bits per heavy atom. The molecule has 0 saturated heterocycles. The molecule has 0 saturated carbocycles. The van der Waals surface area contributed by atoms with Crippen LogP contribution in [0.1, 0.15) is 34.1 Å². The third-order valence-electron chi connectivity index (χ3n) is 2.97. The van der Waals surface area contributed by atoms with Gasteiger partial charge in [0.05, 0.1) is 5.92 Å². The van der Waals surface area contributed by atoms with Crippen LogP contribution in [0.3, 0.4) is 0 Å². The minimum absolute atomic E-state index is 0.0971. The van der Waals surface area contributed by atoms with E-state index in [9.17, 15) is 9.59 Å². The zero-order valence-electron chi connectivity index (χ0n) is 10.4. The summed E-state index contributed by atoms with van der Waals surface area (Å²) in [5.74, 6) is -1.56. The lowest BCUT2D eigenvalue weighted by atomic mass is 9.92. The van der Waals surface area contributed by atoms with Gasteiger partial charge in [0.25, 0.3) is 0 Å². The lowest BCUT2D eigenvalue weighted by molar-refractivity contribution is -0.147. The minimum Gasteiger partial charge on any atom is -0.480 e. The normalized spacial score (nSPS) is 16.6. The second-order valence-electron chi connectivity index (χ2n) is 4.57. The molecule has 0 aliphatic rings. The fourth-order valence-corrected chi connectivity index (χ4v) is 1.34. The van der Waals surface area contributed by atoms with E-state index in [2.05, 4.69) is 5.32 Å². The highest BCUT2D eigenvalue weighted by atomic mass is 16.4. The van der Waals surface area contributed by atoms with E-state index in [4.69, 9.17) is 10.8 Å². The average molecular weight is 230 g/mol. The number of rotatable bonds is 6. The summed E-state index contributed by atoms with van der Waals surface area (Å²) in [6.07, 6.45) is 0.337. The lowest BCUT2D eigenvalue weighted by Crippen LogP contribution is -2.54. The van der Waals surface area contributed by atoms with Crippen molar-refractivity contribution >= 4 is 11.9 Å². The predicted molar refractivity (Wildman–Crippen MR) is 61.9 cm³/mol. The molecule has 0 bridgehead atoms. The quantitative estimate of drug-likeness (QED) is 0.622. The first kappa shape index (κ1) is 14.9. The number of carbonyl (C=O) groups is 2. The second kappa shape index (κ2) is 5.84. The number of carboxylic acid groups (broad SMARTS) is 1. The maximum atomic E-state index is 11.8. The Morgan fingerprint density at radius 3 is 2.19 bits per heavy atom. The summed E-state index contributed by atoms with van der Waals surface area (Å²) in [7, 11) is 0. The molecule has 0 rings (SSSR count). The highest BCUT2D eigenvalue weighted by molar-refractivity contribution is 5.87. The van der Waals surface area contributed by atoms with Gasteiger partial charge in [0.15, 0.2) is 0 Å². The van der Waals surface area contributed by atoms with Crippen molar-refractivity contribution in [2.45, 2.75) is 39.7 Å². The van der Waals surface area contributed by atoms with Gasteiger partial charge in [-0.15, -0.1) is 0 Å². The van der Waals surface area contributed by atoms with Crippen LogP contribution < -0.4 is 11.1 Å². The SMILES string of the molecule is CCC(C)(NC(=O)C(CN)C(C)C)C(=O)O. The molecular formula is C11H22N2O3. The molecule has 94 valence electrons. The summed E-state index contributed by atoms with van der Waals surface area (Å²) in [6.45, 7) is 7.23. The van der Waals surface area contributed by atoms with Gasteiger partial charge in [0.2, 0.25) is 5.91 Å². The van der Waals surface area contributed by atoms with Crippen LogP contribution in [0.4, 0.5) is 0 Å². The third-order valence-corrected chi connectivity index (χ3v) is 2.97. The summed E-state index contributed by atoms with van der Waals surface area (Å²) < 4.78 is 0. The molecule has 16 heavy (non-hydrogen) atoms. The molecular weight excluding hydrogens is 208 g/mol. The molecule has 0 aromatic rings. The number of aliphatic carboxylic acids is 1. The van der Waals surface area contributed by atoms with Crippen LogP contribution in [0.15, 0.2) is 0 Å². The van der Waals surface area contributed by atoms with Crippen LogP contribution in [-0.4, -0.2) is 29.1 Å². The Balaban J connectivity index is 4.70. The van der Waals surface area contributed by atoms with Gasteiger partial charge in [-0.05, 0) is 19.3 Å². The maximum absolute atomic E-state index is 11.8. The van der Waals surface area contributed by atoms with Crippen molar-refractivity contribution < 1.29 is 14.7 Å². The van der Waals surface area contributed by atoms with Crippen molar-refractivity contribution in [3.05, 3.63) is 0 Å². The zero-order valence-corrected chi connectivity index (χ0v) is 10.4. The van der Waals surface area contributed by atoms with Crippen molar-refractivity contribution in [3.63, 3.8) is 0 Å². The van der Waals surface area contributed by atoms with Crippen molar-refractivity contribution in [2.24, 2.45) is 17.6 Å². The van der Waals surface area contributed by atoms with Crippen molar-refractivity contribution in [3.8, 4) is 0 Å². The maximum Gasteiger partial charge on any atom is 0.329 e. The van der Waals surface area contributed by atoms with Crippen LogP contribution in [0.25, 0.3) is 0 Å². The van der Waals surface area contributed by atoms with Gasteiger partial charge in [0, 0.05) is 6.54 Å². The molecule has 0 aromatic carbocycles. The van der Waals surface area contributed by atoms with E-state index < -0.39 is 11.5 Å². The number of hydrogen-bond donors (Lipinski definition) is 3. The topological polar surface area (TPSA) is 92.4 Å². The number of hydrogen-bond acceptors (Lipinski definition) is 3. The largest absolute Gasteiger partial charge is 0.480 e. The van der Waals surface area contributed by atoms with E-state index in [-0.39, 0.29) is 24.3 Å². The zero-order chi connectivity index (χ0) is 12.9. The molecule has 5 heteroatoms. The first-order valence-corrected chi connectivity index (χ1v) is 5.54. The fraction of sp³-hybridized carbons (Fsp3) is 0.818. The van der Waals surface area contributed by atoms with Crippen LogP contribution in [0, 0.1) is 11.8 Å². The molecule has 5 nitrogen and oxygen atoms in total. The number of amides is 1. The molecule has 4 N–H and O–H groups in total. The summed E-state index contributed by atoms with van der Waals surface area (Å²) in [6, 6.07) is 0. The standard InChI is InChI=1S/C11H22N2O3/c1-5-11(4,10(15)16)13-9(14)8(6-12)7(2)3/h7-8H,5-6,12H2,1-4H3,(H,13,14)(H,15,16). The predicted octanol–water partition coefficient (Wildman–Crippen LogP) is 0.587. The summed E-state index contributed by atoms with van der Waals surface area (Å²) in [4.78, 5) is 22.9.